The fourth-order valence-electron chi connectivity index (χ4n) is 7.42. The molecule has 6 heterocycles. The molecular weight excluding hydrogens is 645 g/mol. The highest BCUT2D eigenvalue weighted by Crippen LogP contribution is 2.49. The number of carboxylic acids is 1. The second-order valence-corrected chi connectivity index (χ2v) is 13.2. The second-order valence-electron chi connectivity index (χ2n) is 13.2. The zero-order chi connectivity index (χ0) is 34.2. The van der Waals surface area contributed by atoms with Crippen LogP contribution in [0.5, 0.6) is 5.88 Å². The maximum absolute atomic E-state index is 14.5. The molecule has 2 saturated heterocycles. The Hall–Kier alpha value is -4.60. The number of fused-ring (bicyclic) bond motifs is 2. The van der Waals surface area contributed by atoms with Gasteiger partial charge in [0.15, 0.2) is 5.69 Å². The number of carbonyl (C=O) groups is 2. The SMILES string of the molecule is O=C(NC1(C(=O)O)CCCCC1)c1cnc(N2CC3(CCOCC3)c3nc(OC4CCN(c5ncccn5)CC4)ccc32)nc1C(F)(F)F. The van der Waals surface area contributed by atoms with Gasteiger partial charge in [0.1, 0.15) is 11.6 Å². The number of alkyl halides is 3. The fourth-order valence-corrected chi connectivity index (χ4v) is 7.42. The van der Waals surface area contributed by atoms with E-state index < -0.39 is 40.3 Å². The van der Waals surface area contributed by atoms with Crippen molar-refractivity contribution in [2.75, 3.05) is 42.6 Å². The standard InChI is InChI=1S/C33H37F3N8O5/c34-33(35,36)25-22(27(45)42-32(28(46)47)9-2-1-3-10-32)19-39-30(41-25)44-20-31(11-17-48-18-12-31)26-23(44)5-6-24(40-26)49-21-7-15-43(16-8-21)29-37-13-4-14-38-29/h4-6,13-14,19,21H,1-3,7-12,15-18,20H2,(H,42,45)(H,46,47). The number of hydrogen-bond acceptors (Lipinski definition) is 11. The molecule has 4 aliphatic rings. The molecule has 49 heavy (non-hydrogen) atoms. The minimum Gasteiger partial charge on any atom is -0.480 e. The van der Waals surface area contributed by atoms with Crippen molar-refractivity contribution in [2.24, 2.45) is 0 Å². The molecule has 1 spiro atoms. The smallest absolute Gasteiger partial charge is 0.434 e. The van der Waals surface area contributed by atoms with E-state index in [0.717, 1.165) is 38.5 Å². The fraction of sp³-hybridized carbons (Fsp3) is 0.545. The number of ether oxygens (including phenoxy) is 2. The van der Waals surface area contributed by atoms with Gasteiger partial charge in [-0.25, -0.2) is 29.7 Å². The predicted molar refractivity (Wildman–Crippen MR) is 169 cm³/mol. The number of amides is 1. The van der Waals surface area contributed by atoms with Gasteiger partial charge >= 0.3 is 12.1 Å². The van der Waals surface area contributed by atoms with Crippen LogP contribution in [0.25, 0.3) is 0 Å². The van der Waals surface area contributed by atoms with Crippen molar-refractivity contribution >= 4 is 29.5 Å². The van der Waals surface area contributed by atoms with Gasteiger partial charge in [0, 0.05) is 75.8 Å². The molecule has 1 aliphatic carbocycles. The van der Waals surface area contributed by atoms with Gasteiger partial charge in [-0.15, -0.1) is 0 Å². The first-order chi connectivity index (χ1) is 23.6. The predicted octanol–water partition coefficient (Wildman–Crippen LogP) is 4.45. The molecule has 16 heteroatoms. The lowest BCUT2D eigenvalue weighted by Gasteiger charge is -2.34. The largest absolute Gasteiger partial charge is 0.480 e. The molecule has 0 atom stereocenters. The van der Waals surface area contributed by atoms with Gasteiger partial charge in [0.2, 0.25) is 17.8 Å². The summed E-state index contributed by atoms with van der Waals surface area (Å²) in [4.78, 5) is 50.8. The van der Waals surface area contributed by atoms with Crippen molar-refractivity contribution in [2.45, 2.75) is 81.0 Å². The van der Waals surface area contributed by atoms with Gasteiger partial charge in [0.25, 0.3) is 5.91 Å². The molecule has 1 saturated carbocycles. The van der Waals surface area contributed by atoms with Crippen molar-refractivity contribution < 1.29 is 37.3 Å². The van der Waals surface area contributed by atoms with E-state index in [1.807, 2.05) is 0 Å². The molecule has 3 aromatic rings. The molecule has 0 bridgehead atoms. The molecular formula is C33H37F3N8O5. The van der Waals surface area contributed by atoms with Crippen LogP contribution in [0.15, 0.2) is 36.8 Å². The molecule has 1 amide bonds. The molecule has 7 rings (SSSR count). The summed E-state index contributed by atoms with van der Waals surface area (Å²) in [5.74, 6) is -1.57. The number of nitrogens with zero attached hydrogens (tertiary/aromatic N) is 7. The summed E-state index contributed by atoms with van der Waals surface area (Å²) in [6, 6.07) is 5.25. The number of carbonyl (C=O) groups excluding carboxylic acids is 1. The summed E-state index contributed by atoms with van der Waals surface area (Å²) in [7, 11) is 0. The van der Waals surface area contributed by atoms with E-state index in [0.29, 0.717) is 62.1 Å². The number of rotatable bonds is 7. The van der Waals surface area contributed by atoms with Gasteiger partial charge in [-0.2, -0.15) is 13.2 Å². The summed E-state index contributed by atoms with van der Waals surface area (Å²) in [6.45, 7) is 2.62. The number of anilines is 3. The van der Waals surface area contributed by atoms with Crippen LogP contribution in [0.4, 0.5) is 30.8 Å². The average Bonchev–Trinajstić information content (AvgIpc) is 3.41. The first kappa shape index (κ1) is 32.9. The van der Waals surface area contributed by atoms with E-state index in [1.54, 1.807) is 35.5 Å². The van der Waals surface area contributed by atoms with E-state index in [9.17, 15) is 27.9 Å². The van der Waals surface area contributed by atoms with Gasteiger partial charge in [-0.3, -0.25) is 4.79 Å². The number of piperidine rings is 1. The minimum absolute atomic E-state index is 0.0844. The molecule has 3 aliphatic heterocycles. The van der Waals surface area contributed by atoms with Crippen LogP contribution >= 0.6 is 0 Å². The van der Waals surface area contributed by atoms with E-state index in [1.165, 1.54) is 0 Å². The summed E-state index contributed by atoms with van der Waals surface area (Å²) < 4.78 is 55.4. The topological polar surface area (TPSA) is 156 Å². The first-order valence-corrected chi connectivity index (χ1v) is 16.6. The van der Waals surface area contributed by atoms with E-state index in [-0.39, 0.29) is 31.4 Å². The third kappa shape index (κ3) is 6.45. The third-order valence-corrected chi connectivity index (χ3v) is 10.1. The molecule has 0 unspecified atom stereocenters. The zero-order valence-electron chi connectivity index (χ0n) is 26.8. The molecule has 2 N–H and O–H groups in total. The molecule has 260 valence electrons. The van der Waals surface area contributed by atoms with Crippen LogP contribution in [-0.2, 0) is 21.1 Å². The van der Waals surface area contributed by atoms with Crippen LogP contribution in [0.1, 0.15) is 79.5 Å². The molecule has 0 radical (unpaired) electrons. The van der Waals surface area contributed by atoms with E-state index >= 15 is 0 Å². The number of nitrogens with one attached hydrogen (secondary N) is 1. The highest BCUT2D eigenvalue weighted by atomic mass is 19.4. The van der Waals surface area contributed by atoms with Crippen molar-refractivity contribution in [1.29, 1.82) is 0 Å². The number of hydrogen-bond donors (Lipinski definition) is 2. The molecule has 3 fully saturated rings. The Labute approximate surface area is 280 Å². The highest BCUT2D eigenvalue weighted by molar-refractivity contribution is 5.98. The lowest BCUT2D eigenvalue weighted by molar-refractivity contribution is -0.145. The van der Waals surface area contributed by atoms with Crippen molar-refractivity contribution in [3.05, 3.63) is 53.7 Å². The van der Waals surface area contributed by atoms with Gasteiger partial charge in [-0.1, -0.05) is 19.3 Å². The van der Waals surface area contributed by atoms with Gasteiger partial charge in [-0.05, 0) is 37.8 Å². The maximum atomic E-state index is 14.5. The average molecular weight is 683 g/mol. The summed E-state index contributed by atoms with van der Waals surface area (Å²) >= 11 is 0. The lowest BCUT2D eigenvalue weighted by atomic mass is 9.78. The maximum Gasteiger partial charge on any atom is 0.434 e. The Balaban J connectivity index is 1.15. The van der Waals surface area contributed by atoms with Crippen molar-refractivity contribution in [3.63, 3.8) is 0 Å². The minimum atomic E-state index is -5.01. The Morgan fingerprint density at radius 2 is 1.67 bits per heavy atom. The first-order valence-electron chi connectivity index (χ1n) is 16.6. The Bertz CT molecular complexity index is 1690. The number of halogens is 3. The van der Waals surface area contributed by atoms with Crippen LogP contribution in [0, 0.1) is 0 Å². The van der Waals surface area contributed by atoms with Crippen molar-refractivity contribution in [3.8, 4) is 5.88 Å². The number of pyridine rings is 1. The Morgan fingerprint density at radius 1 is 0.959 bits per heavy atom. The summed E-state index contributed by atoms with van der Waals surface area (Å²) in [5.41, 5.74) is -3.19. The molecule has 3 aromatic heterocycles. The van der Waals surface area contributed by atoms with Crippen LogP contribution in [0.2, 0.25) is 0 Å². The van der Waals surface area contributed by atoms with Crippen LogP contribution < -0.4 is 19.9 Å². The molecule has 13 nitrogen and oxygen atoms in total. The van der Waals surface area contributed by atoms with Crippen molar-refractivity contribution in [1.82, 2.24) is 30.2 Å². The van der Waals surface area contributed by atoms with Gasteiger partial charge < -0.3 is 29.7 Å². The zero-order valence-corrected chi connectivity index (χ0v) is 26.8. The third-order valence-electron chi connectivity index (χ3n) is 10.1. The highest BCUT2D eigenvalue weighted by Gasteiger charge is 2.48. The number of carboxylic acid groups (broad SMARTS) is 1. The monoisotopic (exact) mass is 682 g/mol. The second kappa shape index (κ2) is 13.0. The van der Waals surface area contributed by atoms with E-state index in [2.05, 4.69) is 30.2 Å². The Kier molecular flexibility index (Phi) is 8.75. The quantitative estimate of drug-likeness (QED) is 0.362. The Morgan fingerprint density at radius 3 is 2.35 bits per heavy atom. The molecule has 0 aromatic carbocycles. The normalized spacial score (nSPS) is 20.6. The van der Waals surface area contributed by atoms with Crippen LogP contribution in [0.3, 0.4) is 0 Å². The van der Waals surface area contributed by atoms with Crippen LogP contribution in [-0.4, -0.2) is 86.4 Å². The van der Waals surface area contributed by atoms with Gasteiger partial charge in [0.05, 0.1) is 16.9 Å². The summed E-state index contributed by atoms with van der Waals surface area (Å²) in [6.07, 6.45) is 3.95. The van der Waals surface area contributed by atoms with E-state index in [4.69, 9.17) is 14.5 Å². The number of aliphatic carboxylic acids is 1. The number of aromatic nitrogens is 5. The summed E-state index contributed by atoms with van der Waals surface area (Å²) in [5, 5.41) is 12.3. The lowest BCUT2D eigenvalue weighted by Crippen LogP contribution is -2.55.